The van der Waals surface area contributed by atoms with E-state index in [1.807, 2.05) is 60.7 Å². The first-order valence-electron chi connectivity index (χ1n) is 6.36. The van der Waals surface area contributed by atoms with Crippen molar-refractivity contribution in [2.45, 2.75) is 11.8 Å². The van der Waals surface area contributed by atoms with Crippen molar-refractivity contribution in [2.75, 3.05) is 0 Å². The Morgan fingerprint density at radius 1 is 1.00 bits per heavy atom. The van der Waals surface area contributed by atoms with Crippen molar-refractivity contribution in [1.29, 1.82) is 0 Å². The van der Waals surface area contributed by atoms with Crippen LogP contribution in [0.15, 0.2) is 60.7 Å². The van der Waals surface area contributed by atoms with Gasteiger partial charge < -0.3 is 0 Å². The Labute approximate surface area is 127 Å². The molecule has 3 rings (SSSR count). The molecule has 1 fully saturated rings. The summed E-state index contributed by atoms with van der Waals surface area (Å²) in [4.78, 5) is 14.2. The molecule has 0 saturated carbocycles. The number of nitrogens with zero attached hydrogens (tertiary/aromatic N) is 1. The van der Waals surface area contributed by atoms with Crippen molar-refractivity contribution in [3.63, 3.8) is 0 Å². The van der Waals surface area contributed by atoms with E-state index in [9.17, 15) is 4.79 Å². The van der Waals surface area contributed by atoms with Gasteiger partial charge in [0.2, 0.25) is 5.91 Å². The van der Waals surface area contributed by atoms with Crippen LogP contribution in [0.4, 0.5) is 0 Å². The molecule has 4 heteroatoms. The summed E-state index contributed by atoms with van der Waals surface area (Å²) in [7, 11) is 0. The highest BCUT2D eigenvalue weighted by molar-refractivity contribution is 8.24. The van der Waals surface area contributed by atoms with Gasteiger partial charge in [-0.15, -0.1) is 0 Å². The maximum Gasteiger partial charge on any atom is 0.246 e. The zero-order chi connectivity index (χ0) is 13.9. The van der Waals surface area contributed by atoms with Crippen molar-refractivity contribution >= 4 is 34.2 Å². The van der Waals surface area contributed by atoms with Gasteiger partial charge in [0.15, 0.2) is 0 Å². The minimum atomic E-state index is -0.201. The highest BCUT2D eigenvalue weighted by Crippen LogP contribution is 2.39. The lowest BCUT2D eigenvalue weighted by atomic mass is 10.1. The second-order valence-corrected chi connectivity index (χ2v) is 6.32. The lowest BCUT2D eigenvalue weighted by Gasteiger charge is -2.15. The van der Waals surface area contributed by atoms with Gasteiger partial charge in [-0.1, -0.05) is 84.6 Å². The number of carbonyl (C=O) groups is 1. The van der Waals surface area contributed by atoms with Gasteiger partial charge >= 0.3 is 0 Å². The quantitative estimate of drug-likeness (QED) is 0.804. The van der Waals surface area contributed by atoms with Crippen molar-refractivity contribution in [1.82, 2.24) is 4.90 Å². The van der Waals surface area contributed by atoms with E-state index in [4.69, 9.17) is 12.2 Å². The highest BCUT2D eigenvalue weighted by atomic mass is 32.2. The van der Waals surface area contributed by atoms with Crippen LogP contribution in [0.3, 0.4) is 0 Å². The normalized spacial score (nSPS) is 18.6. The molecule has 1 amide bonds. The molecule has 0 radical (unpaired) electrons. The third-order valence-electron chi connectivity index (χ3n) is 3.22. The highest BCUT2D eigenvalue weighted by Gasteiger charge is 2.37. The topological polar surface area (TPSA) is 20.3 Å². The predicted octanol–water partition coefficient (Wildman–Crippen LogP) is 3.79. The minimum Gasteiger partial charge on any atom is -0.292 e. The summed E-state index contributed by atoms with van der Waals surface area (Å²) in [5.41, 5.74) is 2.11. The molecule has 2 aromatic rings. The molecule has 0 aromatic heterocycles. The number of thioether (sulfide) groups is 1. The van der Waals surface area contributed by atoms with Gasteiger partial charge in [-0.25, -0.2) is 0 Å². The largest absolute Gasteiger partial charge is 0.292 e. The van der Waals surface area contributed by atoms with E-state index in [1.54, 1.807) is 4.90 Å². The molecule has 1 unspecified atom stereocenters. The molecule has 20 heavy (non-hydrogen) atoms. The molecule has 1 atom stereocenters. The summed E-state index contributed by atoms with van der Waals surface area (Å²) in [5.74, 6) is 0.0788. The monoisotopic (exact) mass is 299 g/mol. The molecule has 2 nitrogen and oxygen atoms in total. The van der Waals surface area contributed by atoms with Gasteiger partial charge in [0.1, 0.15) is 9.57 Å². The Morgan fingerprint density at radius 3 is 2.25 bits per heavy atom. The molecule has 0 N–H and O–H groups in total. The summed E-state index contributed by atoms with van der Waals surface area (Å²) in [6.45, 7) is 0.550. The standard InChI is InChI=1S/C16H13NOS2/c18-15-14(13-9-5-2-6-10-13)20-16(19)17(15)11-12-7-3-1-4-8-12/h1-10,14H,11H2. The summed E-state index contributed by atoms with van der Waals surface area (Å²) in [6.07, 6.45) is 0. The smallest absolute Gasteiger partial charge is 0.246 e. The van der Waals surface area contributed by atoms with Gasteiger partial charge in [-0.05, 0) is 11.1 Å². The third kappa shape index (κ3) is 2.62. The Balaban J connectivity index is 1.81. The van der Waals surface area contributed by atoms with Crippen LogP contribution in [0.25, 0.3) is 0 Å². The fourth-order valence-corrected chi connectivity index (χ4v) is 3.64. The van der Waals surface area contributed by atoms with Crippen LogP contribution in [0.1, 0.15) is 16.4 Å². The first-order chi connectivity index (χ1) is 9.75. The lowest BCUT2D eigenvalue weighted by Crippen LogP contribution is -2.28. The molecule has 1 heterocycles. The number of rotatable bonds is 3. The lowest BCUT2D eigenvalue weighted by molar-refractivity contribution is -0.126. The zero-order valence-corrected chi connectivity index (χ0v) is 12.4. The Morgan fingerprint density at radius 2 is 1.60 bits per heavy atom. The molecular formula is C16H13NOS2. The first kappa shape index (κ1) is 13.3. The Bertz CT molecular complexity index is 627. The third-order valence-corrected chi connectivity index (χ3v) is 4.86. The van der Waals surface area contributed by atoms with E-state index in [2.05, 4.69) is 0 Å². The van der Waals surface area contributed by atoms with Gasteiger partial charge in [0.05, 0.1) is 6.54 Å². The average molecular weight is 299 g/mol. The fraction of sp³-hybridized carbons (Fsp3) is 0.125. The van der Waals surface area contributed by atoms with Crippen molar-refractivity contribution in [3.8, 4) is 0 Å². The number of carbonyl (C=O) groups excluding carboxylic acids is 1. The summed E-state index contributed by atoms with van der Waals surface area (Å²) >= 11 is 6.82. The van der Waals surface area contributed by atoms with Crippen LogP contribution in [0.2, 0.25) is 0 Å². The average Bonchev–Trinajstić information content (AvgIpc) is 2.77. The molecule has 0 bridgehead atoms. The van der Waals surface area contributed by atoms with Gasteiger partial charge in [-0.2, -0.15) is 0 Å². The fourth-order valence-electron chi connectivity index (χ4n) is 2.19. The van der Waals surface area contributed by atoms with Crippen molar-refractivity contribution < 1.29 is 4.79 Å². The number of hydrogen-bond acceptors (Lipinski definition) is 3. The van der Waals surface area contributed by atoms with Crippen LogP contribution >= 0.6 is 24.0 Å². The Kier molecular flexibility index (Phi) is 3.85. The van der Waals surface area contributed by atoms with Crippen LogP contribution < -0.4 is 0 Å². The molecule has 1 aliphatic rings. The van der Waals surface area contributed by atoms with Gasteiger partial charge in [0.25, 0.3) is 0 Å². The summed E-state index contributed by atoms with van der Waals surface area (Å²) < 4.78 is 0.660. The van der Waals surface area contributed by atoms with Crippen LogP contribution in [0.5, 0.6) is 0 Å². The van der Waals surface area contributed by atoms with Gasteiger partial charge in [0, 0.05) is 0 Å². The minimum absolute atomic E-state index is 0.0788. The van der Waals surface area contributed by atoms with E-state index in [-0.39, 0.29) is 11.2 Å². The molecule has 1 saturated heterocycles. The number of thiocarbonyl (C=S) groups is 1. The second kappa shape index (κ2) is 5.77. The molecule has 0 spiro atoms. The predicted molar refractivity (Wildman–Crippen MR) is 86.4 cm³/mol. The van der Waals surface area contributed by atoms with E-state index >= 15 is 0 Å². The molecule has 0 aliphatic carbocycles. The van der Waals surface area contributed by atoms with E-state index in [0.717, 1.165) is 11.1 Å². The Hall–Kier alpha value is -1.65. The van der Waals surface area contributed by atoms with Gasteiger partial charge in [-0.3, -0.25) is 9.69 Å². The van der Waals surface area contributed by atoms with Crippen molar-refractivity contribution in [2.24, 2.45) is 0 Å². The number of hydrogen-bond donors (Lipinski definition) is 0. The molecule has 1 aliphatic heterocycles. The van der Waals surface area contributed by atoms with E-state index in [1.165, 1.54) is 11.8 Å². The zero-order valence-electron chi connectivity index (χ0n) is 10.7. The van der Waals surface area contributed by atoms with E-state index in [0.29, 0.717) is 10.9 Å². The van der Waals surface area contributed by atoms with E-state index < -0.39 is 0 Å². The van der Waals surface area contributed by atoms with Crippen LogP contribution in [-0.2, 0) is 11.3 Å². The number of amides is 1. The molecule has 2 aromatic carbocycles. The maximum atomic E-state index is 12.5. The van der Waals surface area contributed by atoms with Crippen molar-refractivity contribution in [3.05, 3.63) is 71.8 Å². The first-order valence-corrected chi connectivity index (χ1v) is 7.65. The summed E-state index contributed by atoms with van der Waals surface area (Å²) in [6, 6.07) is 19.7. The summed E-state index contributed by atoms with van der Waals surface area (Å²) in [5, 5.41) is -0.201. The van der Waals surface area contributed by atoms with Crippen LogP contribution in [0, 0.1) is 0 Å². The number of benzene rings is 2. The molecular weight excluding hydrogens is 286 g/mol. The SMILES string of the molecule is O=C1C(c2ccccc2)SC(=S)N1Cc1ccccc1. The molecule has 100 valence electrons. The van der Waals surface area contributed by atoms with Crippen LogP contribution in [-0.4, -0.2) is 15.1 Å². The second-order valence-electron chi connectivity index (χ2n) is 4.58. The maximum absolute atomic E-state index is 12.5.